The molecule has 0 rings (SSSR count). The standard InChI is InChI=1S/C8H18O4Si/c1-5-8(9)6-7-13(10-2,11-3)12-4/h5-7H2,1-4H3. The van der Waals surface area contributed by atoms with Crippen LogP contribution in [0.2, 0.25) is 6.04 Å². The third-order valence-corrected chi connectivity index (χ3v) is 4.77. The first-order valence-electron chi connectivity index (χ1n) is 4.31. The number of rotatable bonds is 7. The molecule has 0 aliphatic heterocycles. The van der Waals surface area contributed by atoms with Crippen LogP contribution < -0.4 is 0 Å². The number of carbonyl (C=O) groups excluding carboxylic acids is 1. The van der Waals surface area contributed by atoms with Crippen LogP contribution in [0.3, 0.4) is 0 Å². The van der Waals surface area contributed by atoms with E-state index in [-0.39, 0.29) is 5.78 Å². The molecule has 0 fully saturated rings. The molecule has 0 aromatic heterocycles. The number of Topliss-reactive ketones (excluding diaryl/α,β-unsaturated/α-hetero) is 1. The summed E-state index contributed by atoms with van der Waals surface area (Å²) in [7, 11) is 2.14. The summed E-state index contributed by atoms with van der Waals surface area (Å²) in [4.78, 5) is 11.1. The van der Waals surface area contributed by atoms with E-state index in [2.05, 4.69) is 0 Å². The monoisotopic (exact) mass is 206 g/mol. The molecule has 5 heteroatoms. The third-order valence-electron chi connectivity index (χ3n) is 2.04. The second kappa shape index (κ2) is 6.26. The average molecular weight is 206 g/mol. The van der Waals surface area contributed by atoms with Gasteiger partial charge < -0.3 is 13.3 Å². The summed E-state index contributed by atoms with van der Waals surface area (Å²) >= 11 is 0. The van der Waals surface area contributed by atoms with Crippen LogP contribution in [-0.2, 0) is 18.1 Å². The van der Waals surface area contributed by atoms with Crippen molar-refractivity contribution >= 4 is 14.6 Å². The highest BCUT2D eigenvalue weighted by Crippen LogP contribution is 2.15. The van der Waals surface area contributed by atoms with Gasteiger partial charge in [-0.3, -0.25) is 4.79 Å². The summed E-state index contributed by atoms with van der Waals surface area (Å²) in [6.07, 6.45) is 1.03. The molecule has 0 amide bonds. The van der Waals surface area contributed by atoms with Crippen molar-refractivity contribution in [1.82, 2.24) is 0 Å². The van der Waals surface area contributed by atoms with Gasteiger partial charge in [0.05, 0.1) is 0 Å². The lowest BCUT2D eigenvalue weighted by Crippen LogP contribution is -2.43. The molecule has 78 valence electrons. The molecule has 13 heavy (non-hydrogen) atoms. The first-order chi connectivity index (χ1) is 6.14. The molecule has 0 spiro atoms. The van der Waals surface area contributed by atoms with Gasteiger partial charge in [-0.15, -0.1) is 0 Å². The first-order valence-corrected chi connectivity index (χ1v) is 6.24. The lowest BCUT2D eigenvalue weighted by atomic mass is 10.2. The SMILES string of the molecule is CCC(=O)CC[Si](OC)(OC)OC. The quantitative estimate of drug-likeness (QED) is 0.588. The molecule has 0 heterocycles. The predicted octanol–water partition coefficient (Wildman–Crippen LogP) is 1.23. The van der Waals surface area contributed by atoms with Gasteiger partial charge in [0.15, 0.2) is 0 Å². The van der Waals surface area contributed by atoms with E-state index >= 15 is 0 Å². The molecule has 0 N–H and O–H groups in total. The Balaban J connectivity index is 4.02. The van der Waals surface area contributed by atoms with Gasteiger partial charge in [0.2, 0.25) is 0 Å². The van der Waals surface area contributed by atoms with Crippen molar-refractivity contribution in [2.45, 2.75) is 25.8 Å². The zero-order valence-corrected chi connectivity index (χ0v) is 9.75. The summed E-state index contributed by atoms with van der Waals surface area (Å²) in [5.41, 5.74) is 0. The minimum atomic E-state index is -2.52. The lowest BCUT2D eigenvalue weighted by molar-refractivity contribution is -0.118. The van der Waals surface area contributed by atoms with Crippen molar-refractivity contribution < 1.29 is 18.1 Å². The normalized spacial score (nSPS) is 11.7. The molecule has 0 aliphatic rings. The van der Waals surface area contributed by atoms with Gasteiger partial charge in [-0.2, -0.15) is 0 Å². The Kier molecular flexibility index (Phi) is 6.14. The maximum Gasteiger partial charge on any atom is 0.500 e. The van der Waals surface area contributed by atoms with Crippen molar-refractivity contribution in [3.8, 4) is 0 Å². The molecule has 4 nitrogen and oxygen atoms in total. The molecule has 0 bridgehead atoms. The van der Waals surface area contributed by atoms with Crippen LogP contribution in [0.1, 0.15) is 19.8 Å². The highest BCUT2D eigenvalue weighted by molar-refractivity contribution is 6.60. The van der Waals surface area contributed by atoms with Crippen molar-refractivity contribution in [3.05, 3.63) is 0 Å². The van der Waals surface area contributed by atoms with E-state index in [9.17, 15) is 4.79 Å². The first kappa shape index (κ1) is 12.8. The van der Waals surface area contributed by atoms with E-state index in [1.807, 2.05) is 6.92 Å². The fourth-order valence-corrected chi connectivity index (χ4v) is 2.72. The van der Waals surface area contributed by atoms with Gasteiger partial charge in [-0.05, 0) is 0 Å². The van der Waals surface area contributed by atoms with E-state index in [0.717, 1.165) is 0 Å². The number of hydrogen-bond acceptors (Lipinski definition) is 4. The minimum Gasteiger partial charge on any atom is -0.377 e. The van der Waals surface area contributed by atoms with E-state index in [0.29, 0.717) is 18.9 Å². The van der Waals surface area contributed by atoms with Crippen LogP contribution in [-0.4, -0.2) is 35.9 Å². The Morgan fingerprint density at radius 2 is 1.62 bits per heavy atom. The molecule has 0 saturated heterocycles. The highest BCUT2D eigenvalue weighted by atomic mass is 28.4. The molecule has 0 atom stereocenters. The van der Waals surface area contributed by atoms with Gasteiger partial charge in [0.1, 0.15) is 5.78 Å². The summed E-state index contributed by atoms with van der Waals surface area (Å²) in [5, 5.41) is 0. The molecule has 0 radical (unpaired) electrons. The second-order valence-corrected chi connectivity index (χ2v) is 5.78. The number of ketones is 1. The predicted molar refractivity (Wildman–Crippen MR) is 51.5 cm³/mol. The van der Waals surface area contributed by atoms with Crippen LogP contribution in [0.4, 0.5) is 0 Å². The van der Waals surface area contributed by atoms with E-state index in [4.69, 9.17) is 13.3 Å². The average Bonchev–Trinajstić information content (AvgIpc) is 2.20. The maximum atomic E-state index is 11.1. The van der Waals surface area contributed by atoms with Gasteiger partial charge in [-0.25, -0.2) is 0 Å². The van der Waals surface area contributed by atoms with Crippen LogP contribution in [0.5, 0.6) is 0 Å². The topological polar surface area (TPSA) is 44.8 Å². The maximum absolute atomic E-state index is 11.1. The molecular weight excluding hydrogens is 188 g/mol. The summed E-state index contributed by atoms with van der Waals surface area (Å²) < 4.78 is 15.5. The van der Waals surface area contributed by atoms with E-state index in [1.165, 1.54) is 0 Å². The molecule has 0 aromatic rings. The smallest absolute Gasteiger partial charge is 0.377 e. The summed E-state index contributed by atoms with van der Waals surface area (Å²) in [5.74, 6) is 0.211. The van der Waals surface area contributed by atoms with Gasteiger partial charge in [-0.1, -0.05) is 6.92 Å². The Morgan fingerprint density at radius 3 is 1.92 bits per heavy atom. The number of hydrogen-bond donors (Lipinski definition) is 0. The second-order valence-electron chi connectivity index (χ2n) is 2.69. The Bertz CT molecular complexity index is 148. The fourth-order valence-electron chi connectivity index (χ4n) is 1.03. The van der Waals surface area contributed by atoms with E-state index in [1.54, 1.807) is 21.3 Å². The van der Waals surface area contributed by atoms with E-state index < -0.39 is 8.80 Å². The Morgan fingerprint density at radius 1 is 1.15 bits per heavy atom. The van der Waals surface area contributed by atoms with Crippen molar-refractivity contribution in [3.63, 3.8) is 0 Å². The molecule has 0 unspecified atom stereocenters. The van der Waals surface area contributed by atoms with Gasteiger partial charge in [0, 0.05) is 40.2 Å². The molecule has 0 saturated carbocycles. The highest BCUT2D eigenvalue weighted by Gasteiger charge is 2.37. The zero-order chi connectivity index (χ0) is 10.3. The minimum absolute atomic E-state index is 0.211. The number of carbonyl (C=O) groups is 1. The van der Waals surface area contributed by atoms with Crippen molar-refractivity contribution in [2.24, 2.45) is 0 Å². The van der Waals surface area contributed by atoms with Crippen LogP contribution in [0.15, 0.2) is 0 Å². The van der Waals surface area contributed by atoms with Crippen LogP contribution >= 0.6 is 0 Å². The van der Waals surface area contributed by atoms with Gasteiger partial charge >= 0.3 is 8.80 Å². The van der Waals surface area contributed by atoms with Crippen LogP contribution in [0.25, 0.3) is 0 Å². The van der Waals surface area contributed by atoms with Gasteiger partial charge in [0.25, 0.3) is 0 Å². The van der Waals surface area contributed by atoms with Crippen molar-refractivity contribution in [1.29, 1.82) is 0 Å². The summed E-state index contributed by atoms with van der Waals surface area (Å²) in [6.45, 7) is 1.85. The van der Waals surface area contributed by atoms with Crippen molar-refractivity contribution in [2.75, 3.05) is 21.3 Å². The largest absolute Gasteiger partial charge is 0.500 e. The third kappa shape index (κ3) is 3.99. The Hall–Kier alpha value is -0.233. The van der Waals surface area contributed by atoms with Crippen LogP contribution in [0, 0.1) is 0 Å². The Labute approximate surface area is 80.5 Å². The fraction of sp³-hybridized carbons (Fsp3) is 0.875. The molecular formula is C8H18O4Si. The molecule has 0 aliphatic carbocycles. The molecule has 0 aromatic carbocycles. The zero-order valence-electron chi connectivity index (χ0n) is 8.75. The lowest BCUT2D eigenvalue weighted by Gasteiger charge is -2.23. The summed E-state index contributed by atoms with van der Waals surface area (Å²) in [6, 6.07) is 0.559.